The van der Waals surface area contributed by atoms with Crippen LogP contribution in [0.4, 0.5) is 5.69 Å². The number of benzene rings is 1. The summed E-state index contributed by atoms with van der Waals surface area (Å²) in [5.74, 6) is -0.0121. The van der Waals surface area contributed by atoms with Crippen molar-refractivity contribution >= 4 is 42.3 Å². The summed E-state index contributed by atoms with van der Waals surface area (Å²) >= 11 is 0. The van der Waals surface area contributed by atoms with E-state index in [0.29, 0.717) is 50.5 Å². The smallest absolute Gasteiger partial charge is 0.254 e. The predicted octanol–water partition coefficient (Wildman–Crippen LogP) is 1.48. The molecule has 1 heterocycles. The Balaban J connectivity index is 0.00000288. The zero-order valence-electron chi connectivity index (χ0n) is 14.4. The van der Waals surface area contributed by atoms with E-state index in [-0.39, 0.29) is 36.6 Å². The molecule has 25 heavy (non-hydrogen) atoms. The number of hydrogen-bond donors (Lipinski definition) is 2. The average molecular weight is 389 g/mol. The molecule has 0 bridgehead atoms. The molecule has 0 aromatic heterocycles. The molecule has 2 rings (SSSR count). The average Bonchev–Trinajstić information content (AvgIpc) is 2.55. The van der Waals surface area contributed by atoms with E-state index in [1.165, 1.54) is 0 Å². The van der Waals surface area contributed by atoms with E-state index in [1.54, 1.807) is 18.2 Å². The van der Waals surface area contributed by atoms with Gasteiger partial charge in [0.2, 0.25) is 5.91 Å². The largest absolute Gasteiger partial charge is 0.399 e. The summed E-state index contributed by atoms with van der Waals surface area (Å²) in [7, 11) is 0. The lowest BCUT2D eigenvalue weighted by Crippen LogP contribution is -2.51. The molecule has 8 heteroatoms. The molecular formula is C17H26Cl2N4O2. The summed E-state index contributed by atoms with van der Waals surface area (Å²) in [6.45, 7) is 8.92. The summed E-state index contributed by atoms with van der Waals surface area (Å²) in [5.41, 5.74) is 7.96. The second-order valence-electron chi connectivity index (χ2n) is 5.74. The molecule has 1 aromatic carbocycles. The molecule has 0 radical (unpaired) electrons. The van der Waals surface area contributed by atoms with E-state index >= 15 is 0 Å². The fraction of sp³-hybridized carbons (Fsp3) is 0.412. The van der Waals surface area contributed by atoms with E-state index in [0.717, 1.165) is 5.56 Å². The Morgan fingerprint density at radius 2 is 1.88 bits per heavy atom. The first-order chi connectivity index (χ1) is 11.0. The van der Waals surface area contributed by atoms with Gasteiger partial charge in [0.15, 0.2) is 0 Å². The Bertz CT molecular complexity index is 602. The number of amides is 2. The SMILES string of the molecule is C=CCNC(=O)CN1CCN(C(=O)c2cc(N)ccc2C)CC1.Cl.Cl. The first kappa shape index (κ1) is 23.2. The van der Waals surface area contributed by atoms with Gasteiger partial charge in [-0.25, -0.2) is 0 Å². The topological polar surface area (TPSA) is 78.7 Å². The van der Waals surface area contributed by atoms with Crippen molar-refractivity contribution in [3.63, 3.8) is 0 Å². The van der Waals surface area contributed by atoms with Crippen LogP contribution in [0.25, 0.3) is 0 Å². The second-order valence-corrected chi connectivity index (χ2v) is 5.74. The number of nitrogens with two attached hydrogens (primary N) is 1. The second kappa shape index (κ2) is 11.0. The van der Waals surface area contributed by atoms with Crippen molar-refractivity contribution in [2.45, 2.75) is 6.92 Å². The number of piperazine rings is 1. The number of nitrogens with zero attached hydrogens (tertiary/aromatic N) is 2. The van der Waals surface area contributed by atoms with Crippen LogP contribution in [0.5, 0.6) is 0 Å². The summed E-state index contributed by atoms with van der Waals surface area (Å²) in [6.07, 6.45) is 1.66. The Morgan fingerprint density at radius 1 is 1.24 bits per heavy atom. The zero-order valence-corrected chi connectivity index (χ0v) is 16.0. The van der Waals surface area contributed by atoms with Crippen LogP contribution >= 0.6 is 24.8 Å². The first-order valence-corrected chi connectivity index (χ1v) is 7.76. The van der Waals surface area contributed by atoms with Gasteiger partial charge in [-0.2, -0.15) is 0 Å². The molecule has 1 saturated heterocycles. The van der Waals surface area contributed by atoms with Gasteiger partial charge in [0.1, 0.15) is 0 Å². The highest BCUT2D eigenvalue weighted by Gasteiger charge is 2.24. The fourth-order valence-electron chi connectivity index (χ4n) is 2.59. The van der Waals surface area contributed by atoms with Gasteiger partial charge in [-0.05, 0) is 24.6 Å². The number of rotatable bonds is 5. The standard InChI is InChI=1S/C17H24N4O2.2ClH/c1-3-6-19-16(22)12-20-7-9-21(10-8-20)17(23)15-11-14(18)5-4-13(15)2;;/h3-5,11H,1,6-10,12,18H2,2H3,(H,19,22);2*1H. The van der Waals surface area contributed by atoms with Crippen molar-refractivity contribution in [2.24, 2.45) is 0 Å². The minimum absolute atomic E-state index is 0. The predicted molar refractivity (Wildman–Crippen MR) is 106 cm³/mol. The van der Waals surface area contributed by atoms with E-state index in [2.05, 4.69) is 16.8 Å². The summed E-state index contributed by atoms with van der Waals surface area (Å²) < 4.78 is 0. The Morgan fingerprint density at radius 3 is 2.48 bits per heavy atom. The maximum Gasteiger partial charge on any atom is 0.254 e. The maximum atomic E-state index is 12.6. The Hall–Kier alpha value is -1.76. The van der Waals surface area contributed by atoms with Crippen LogP contribution in [0.2, 0.25) is 0 Å². The highest BCUT2D eigenvalue weighted by molar-refractivity contribution is 5.96. The van der Waals surface area contributed by atoms with Crippen LogP contribution in [0.15, 0.2) is 30.9 Å². The molecule has 1 fully saturated rings. The van der Waals surface area contributed by atoms with Crippen molar-refractivity contribution in [2.75, 3.05) is 45.0 Å². The van der Waals surface area contributed by atoms with Crippen LogP contribution < -0.4 is 11.1 Å². The van der Waals surface area contributed by atoms with Crippen molar-refractivity contribution in [1.82, 2.24) is 15.1 Å². The van der Waals surface area contributed by atoms with Gasteiger partial charge in [-0.3, -0.25) is 14.5 Å². The molecule has 0 atom stereocenters. The van der Waals surface area contributed by atoms with E-state index < -0.39 is 0 Å². The van der Waals surface area contributed by atoms with Gasteiger partial charge in [0.05, 0.1) is 6.54 Å². The highest BCUT2D eigenvalue weighted by Crippen LogP contribution is 2.16. The number of halogens is 2. The number of carbonyl (C=O) groups is 2. The van der Waals surface area contributed by atoms with E-state index in [4.69, 9.17) is 5.73 Å². The molecule has 0 spiro atoms. The molecule has 1 aliphatic heterocycles. The number of anilines is 1. The van der Waals surface area contributed by atoms with Crippen molar-refractivity contribution in [3.8, 4) is 0 Å². The molecule has 6 nitrogen and oxygen atoms in total. The third-order valence-electron chi connectivity index (χ3n) is 3.96. The molecule has 1 aromatic rings. The fourth-order valence-corrected chi connectivity index (χ4v) is 2.59. The van der Waals surface area contributed by atoms with Gasteiger partial charge < -0.3 is 16.0 Å². The number of nitrogens with one attached hydrogen (secondary N) is 1. The third kappa shape index (κ3) is 6.57. The summed E-state index contributed by atoms with van der Waals surface area (Å²) in [5, 5.41) is 2.76. The number of nitrogen functional groups attached to an aromatic ring is 1. The lowest BCUT2D eigenvalue weighted by Gasteiger charge is -2.34. The normalized spacial score (nSPS) is 14.0. The minimum atomic E-state index is -0.0173. The molecule has 0 aliphatic carbocycles. The first-order valence-electron chi connectivity index (χ1n) is 7.76. The van der Waals surface area contributed by atoms with Gasteiger partial charge in [-0.15, -0.1) is 31.4 Å². The van der Waals surface area contributed by atoms with E-state index in [9.17, 15) is 9.59 Å². The van der Waals surface area contributed by atoms with Crippen LogP contribution in [0.3, 0.4) is 0 Å². The van der Waals surface area contributed by atoms with Crippen LogP contribution in [-0.4, -0.2) is 60.9 Å². The van der Waals surface area contributed by atoms with Crippen LogP contribution in [0.1, 0.15) is 15.9 Å². The molecule has 2 amide bonds. The molecule has 0 unspecified atom stereocenters. The molecule has 3 N–H and O–H groups in total. The van der Waals surface area contributed by atoms with Crippen LogP contribution in [-0.2, 0) is 4.79 Å². The molecule has 0 saturated carbocycles. The van der Waals surface area contributed by atoms with Gasteiger partial charge >= 0.3 is 0 Å². The summed E-state index contributed by atoms with van der Waals surface area (Å²) in [4.78, 5) is 28.2. The Labute approximate surface area is 161 Å². The third-order valence-corrected chi connectivity index (χ3v) is 3.96. The van der Waals surface area contributed by atoms with E-state index in [1.807, 2.05) is 17.9 Å². The molecule has 1 aliphatic rings. The number of carbonyl (C=O) groups excluding carboxylic acids is 2. The monoisotopic (exact) mass is 388 g/mol. The van der Waals surface area contributed by atoms with Crippen molar-refractivity contribution in [1.29, 1.82) is 0 Å². The number of hydrogen-bond acceptors (Lipinski definition) is 4. The van der Waals surface area contributed by atoms with Gasteiger partial charge in [0, 0.05) is 44.0 Å². The summed E-state index contributed by atoms with van der Waals surface area (Å²) in [6, 6.07) is 5.39. The molecular weight excluding hydrogens is 363 g/mol. The van der Waals surface area contributed by atoms with Crippen LogP contribution in [0, 0.1) is 6.92 Å². The molecule has 140 valence electrons. The quantitative estimate of drug-likeness (QED) is 0.591. The highest BCUT2D eigenvalue weighted by atomic mass is 35.5. The number of aryl methyl sites for hydroxylation is 1. The van der Waals surface area contributed by atoms with Gasteiger partial charge in [0.25, 0.3) is 5.91 Å². The van der Waals surface area contributed by atoms with Crippen molar-refractivity contribution < 1.29 is 9.59 Å². The Kier molecular flexibility index (Phi) is 10.2. The maximum absolute atomic E-state index is 12.6. The zero-order chi connectivity index (χ0) is 16.8. The lowest BCUT2D eigenvalue weighted by molar-refractivity contribution is -0.122. The lowest BCUT2D eigenvalue weighted by atomic mass is 10.1. The van der Waals surface area contributed by atoms with Gasteiger partial charge in [-0.1, -0.05) is 12.1 Å². The minimum Gasteiger partial charge on any atom is -0.399 e. The van der Waals surface area contributed by atoms with Crippen molar-refractivity contribution in [3.05, 3.63) is 42.0 Å².